The fraction of sp³-hybridized carbons (Fsp3) is 0.286. The van der Waals surface area contributed by atoms with Gasteiger partial charge < -0.3 is 4.74 Å². The van der Waals surface area contributed by atoms with Crippen LogP contribution in [0.25, 0.3) is 11.3 Å². The number of aryl methyl sites for hydroxylation is 1. The molecular weight excluding hydrogens is 294 g/mol. The van der Waals surface area contributed by atoms with Crippen LogP contribution in [-0.2, 0) is 0 Å². The number of hydrogen-bond donors (Lipinski definition) is 0. The molecule has 0 saturated heterocycles. The van der Waals surface area contributed by atoms with Crippen LogP contribution in [0.3, 0.4) is 0 Å². The Morgan fingerprint density at radius 3 is 2.52 bits per heavy atom. The van der Waals surface area contributed by atoms with Gasteiger partial charge in [0.1, 0.15) is 11.4 Å². The normalized spacial score (nSPS) is 14.0. The van der Waals surface area contributed by atoms with Gasteiger partial charge in [0.05, 0.1) is 11.0 Å². The fourth-order valence-electron chi connectivity index (χ4n) is 2.02. The highest BCUT2D eigenvalue weighted by molar-refractivity contribution is 6.28. The smallest absolute Gasteiger partial charge is 0.316 e. The van der Waals surface area contributed by atoms with Gasteiger partial charge >= 0.3 is 5.69 Å². The highest BCUT2D eigenvalue weighted by Crippen LogP contribution is 2.33. The van der Waals surface area contributed by atoms with E-state index in [1.807, 2.05) is 0 Å². The van der Waals surface area contributed by atoms with Gasteiger partial charge in [-0.3, -0.25) is 10.1 Å². The molecule has 1 saturated carbocycles. The van der Waals surface area contributed by atoms with E-state index in [1.54, 1.807) is 31.2 Å². The Bertz CT molecular complexity index is 699. The van der Waals surface area contributed by atoms with E-state index in [0.29, 0.717) is 11.7 Å². The zero-order valence-corrected chi connectivity index (χ0v) is 12.0. The van der Waals surface area contributed by atoms with Crippen molar-refractivity contribution >= 4 is 17.3 Å². The molecule has 0 aliphatic heterocycles. The molecule has 21 heavy (non-hydrogen) atoms. The van der Waals surface area contributed by atoms with Gasteiger partial charge in [0.15, 0.2) is 5.69 Å². The summed E-state index contributed by atoms with van der Waals surface area (Å²) in [4.78, 5) is 18.5. The quantitative estimate of drug-likeness (QED) is 0.490. The van der Waals surface area contributed by atoms with Crippen molar-refractivity contribution in [2.45, 2.75) is 25.9 Å². The maximum Gasteiger partial charge on any atom is 0.316 e. The van der Waals surface area contributed by atoms with Crippen molar-refractivity contribution in [2.24, 2.45) is 0 Å². The summed E-state index contributed by atoms with van der Waals surface area (Å²) in [7, 11) is 0. The summed E-state index contributed by atoms with van der Waals surface area (Å²) in [5.74, 6) is 0.751. The predicted molar refractivity (Wildman–Crippen MR) is 77.5 cm³/mol. The molecule has 0 bridgehead atoms. The topological polar surface area (TPSA) is 78.2 Å². The Hall–Kier alpha value is -2.21. The molecule has 1 aliphatic rings. The van der Waals surface area contributed by atoms with Crippen molar-refractivity contribution in [3.8, 4) is 17.0 Å². The third-order valence-electron chi connectivity index (χ3n) is 3.17. The Labute approximate surface area is 125 Å². The number of aromatic nitrogens is 2. The first-order valence-corrected chi connectivity index (χ1v) is 6.88. The molecule has 7 heteroatoms. The standard InChI is InChI=1S/C14H12ClN3O3/c1-8-13(18(19)20)12(17-14(15)16-8)9-2-4-10(5-3-9)21-11-6-7-11/h2-5,11H,6-7H2,1H3. The molecule has 108 valence electrons. The third-order valence-corrected chi connectivity index (χ3v) is 3.34. The van der Waals surface area contributed by atoms with Gasteiger partial charge in [0.2, 0.25) is 5.28 Å². The number of ether oxygens (including phenoxy) is 1. The highest BCUT2D eigenvalue weighted by Gasteiger charge is 2.25. The third kappa shape index (κ3) is 2.95. The Balaban J connectivity index is 2.00. The monoisotopic (exact) mass is 305 g/mol. The number of rotatable bonds is 4. The molecule has 0 spiro atoms. The summed E-state index contributed by atoms with van der Waals surface area (Å²) in [6.07, 6.45) is 2.46. The van der Waals surface area contributed by atoms with Crippen LogP contribution in [0.5, 0.6) is 5.75 Å². The van der Waals surface area contributed by atoms with Crippen LogP contribution in [0.4, 0.5) is 5.69 Å². The van der Waals surface area contributed by atoms with Crippen molar-refractivity contribution in [1.82, 2.24) is 9.97 Å². The van der Waals surface area contributed by atoms with Crippen molar-refractivity contribution in [3.05, 3.63) is 45.4 Å². The maximum absolute atomic E-state index is 11.2. The van der Waals surface area contributed by atoms with Gasteiger partial charge in [-0.15, -0.1) is 0 Å². The van der Waals surface area contributed by atoms with E-state index in [9.17, 15) is 10.1 Å². The van der Waals surface area contributed by atoms with Crippen LogP contribution >= 0.6 is 11.6 Å². The van der Waals surface area contributed by atoms with Crippen LogP contribution in [0.1, 0.15) is 18.5 Å². The molecule has 0 N–H and O–H groups in total. The summed E-state index contributed by atoms with van der Waals surface area (Å²) in [6, 6.07) is 7.04. The molecule has 1 aromatic carbocycles. The average Bonchev–Trinajstić information content (AvgIpc) is 3.22. The van der Waals surface area contributed by atoms with Gasteiger partial charge in [0, 0.05) is 5.56 Å². The number of halogens is 1. The molecule has 0 amide bonds. The van der Waals surface area contributed by atoms with Gasteiger partial charge in [-0.25, -0.2) is 9.97 Å². The van der Waals surface area contributed by atoms with Crippen molar-refractivity contribution in [2.75, 3.05) is 0 Å². The second-order valence-corrected chi connectivity index (χ2v) is 5.21. The molecule has 1 aliphatic carbocycles. The number of nitro groups is 1. The second kappa shape index (κ2) is 5.29. The van der Waals surface area contributed by atoms with Crippen LogP contribution in [0, 0.1) is 17.0 Å². The summed E-state index contributed by atoms with van der Waals surface area (Å²) < 4.78 is 5.65. The zero-order chi connectivity index (χ0) is 15.0. The Kier molecular flexibility index (Phi) is 3.47. The summed E-state index contributed by atoms with van der Waals surface area (Å²) in [6.45, 7) is 1.54. The molecule has 1 aromatic heterocycles. The number of benzene rings is 1. The summed E-state index contributed by atoms with van der Waals surface area (Å²) >= 11 is 5.82. The lowest BCUT2D eigenvalue weighted by Gasteiger charge is -2.07. The van der Waals surface area contributed by atoms with Gasteiger partial charge in [-0.05, 0) is 55.6 Å². The summed E-state index contributed by atoms with van der Waals surface area (Å²) in [5.41, 5.74) is 0.941. The number of nitrogens with zero attached hydrogens (tertiary/aromatic N) is 3. The van der Waals surface area contributed by atoms with Gasteiger partial charge in [-0.2, -0.15) is 0 Å². The molecule has 3 rings (SSSR count). The van der Waals surface area contributed by atoms with E-state index in [0.717, 1.165) is 18.6 Å². The van der Waals surface area contributed by atoms with E-state index in [4.69, 9.17) is 16.3 Å². The molecule has 0 atom stereocenters. The molecule has 6 nitrogen and oxygen atoms in total. The minimum atomic E-state index is -0.490. The highest BCUT2D eigenvalue weighted by atomic mass is 35.5. The lowest BCUT2D eigenvalue weighted by molar-refractivity contribution is -0.385. The van der Waals surface area contributed by atoms with E-state index in [1.165, 1.54) is 0 Å². The molecular formula is C14H12ClN3O3. The first kappa shape index (κ1) is 13.8. The summed E-state index contributed by atoms with van der Waals surface area (Å²) in [5, 5.41) is 11.2. The zero-order valence-electron chi connectivity index (χ0n) is 11.2. The van der Waals surface area contributed by atoms with Crippen LogP contribution in [0.2, 0.25) is 5.28 Å². The van der Waals surface area contributed by atoms with Crippen LogP contribution in [0.15, 0.2) is 24.3 Å². The van der Waals surface area contributed by atoms with Gasteiger partial charge in [-0.1, -0.05) is 0 Å². The molecule has 2 aromatic rings. The average molecular weight is 306 g/mol. The first-order chi connectivity index (χ1) is 10.0. The Morgan fingerprint density at radius 1 is 1.29 bits per heavy atom. The SMILES string of the molecule is Cc1nc(Cl)nc(-c2ccc(OC3CC3)cc2)c1[N+](=O)[O-]. The predicted octanol–water partition coefficient (Wildman–Crippen LogP) is 3.55. The lowest BCUT2D eigenvalue weighted by atomic mass is 10.1. The van der Waals surface area contributed by atoms with Crippen molar-refractivity contribution < 1.29 is 9.66 Å². The van der Waals surface area contributed by atoms with Gasteiger partial charge in [0.25, 0.3) is 0 Å². The van der Waals surface area contributed by atoms with E-state index < -0.39 is 4.92 Å². The molecule has 0 unspecified atom stereocenters. The second-order valence-electron chi connectivity index (χ2n) is 4.87. The largest absolute Gasteiger partial charge is 0.490 e. The fourth-order valence-corrected chi connectivity index (χ4v) is 2.23. The van der Waals surface area contributed by atoms with E-state index in [-0.39, 0.29) is 22.4 Å². The lowest BCUT2D eigenvalue weighted by Crippen LogP contribution is -2.01. The number of hydrogen-bond acceptors (Lipinski definition) is 5. The Morgan fingerprint density at radius 2 is 1.95 bits per heavy atom. The van der Waals surface area contributed by atoms with Crippen molar-refractivity contribution in [1.29, 1.82) is 0 Å². The van der Waals surface area contributed by atoms with E-state index >= 15 is 0 Å². The maximum atomic E-state index is 11.2. The minimum absolute atomic E-state index is 0.00796. The van der Waals surface area contributed by atoms with Crippen LogP contribution in [-0.4, -0.2) is 21.0 Å². The molecule has 0 radical (unpaired) electrons. The van der Waals surface area contributed by atoms with Crippen molar-refractivity contribution in [3.63, 3.8) is 0 Å². The minimum Gasteiger partial charge on any atom is -0.490 e. The van der Waals surface area contributed by atoms with E-state index in [2.05, 4.69) is 9.97 Å². The molecule has 1 heterocycles. The van der Waals surface area contributed by atoms with Crippen LogP contribution < -0.4 is 4.74 Å². The molecule has 1 fully saturated rings. The first-order valence-electron chi connectivity index (χ1n) is 6.50.